The summed E-state index contributed by atoms with van der Waals surface area (Å²) in [5, 5.41) is 7.12. The molecule has 2 aromatic rings. The number of hydrogen-bond acceptors (Lipinski definition) is 6. The first-order chi connectivity index (χ1) is 13.6. The van der Waals surface area contributed by atoms with Crippen LogP contribution in [-0.4, -0.2) is 64.6 Å². The van der Waals surface area contributed by atoms with Gasteiger partial charge in [-0.15, -0.1) is 5.10 Å². The van der Waals surface area contributed by atoms with Gasteiger partial charge < -0.3 is 14.5 Å². The van der Waals surface area contributed by atoms with E-state index in [0.29, 0.717) is 30.5 Å². The third-order valence-corrected chi connectivity index (χ3v) is 5.81. The molecular formula is C19H27N5O3S. The van der Waals surface area contributed by atoms with Crippen LogP contribution in [0.3, 0.4) is 0 Å². The molecule has 3 rings (SSSR count). The predicted molar refractivity (Wildman–Crippen MR) is 110 cm³/mol. The van der Waals surface area contributed by atoms with E-state index in [1.54, 1.807) is 11.7 Å². The molecule has 1 aliphatic rings. The molecule has 1 N–H and O–H groups in total. The fourth-order valence-corrected chi connectivity index (χ4v) is 4.03. The highest BCUT2D eigenvalue weighted by atomic mass is 32.2. The van der Waals surface area contributed by atoms with E-state index in [1.807, 2.05) is 29.2 Å². The SMILES string of the molecule is CCCCn1c(SCC(=O)N2CCN(c3ccc(OC)cc3)CC2)n[nH]c1=O. The van der Waals surface area contributed by atoms with Gasteiger partial charge in [-0.05, 0) is 30.7 Å². The van der Waals surface area contributed by atoms with E-state index in [9.17, 15) is 9.59 Å². The number of nitrogens with one attached hydrogen (secondary N) is 1. The van der Waals surface area contributed by atoms with Gasteiger partial charge >= 0.3 is 5.69 Å². The third kappa shape index (κ3) is 4.89. The largest absolute Gasteiger partial charge is 0.497 e. The van der Waals surface area contributed by atoms with Gasteiger partial charge in [-0.3, -0.25) is 9.36 Å². The predicted octanol–water partition coefficient (Wildman–Crippen LogP) is 1.82. The number of anilines is 1. The second kappa shape index (κ2) is 9.68. The number of carbonyl (C=O) groups is 1. The van der Waals surface area contributed by atoms with Crippen molar-refractivity contribution in [2.24, 2.45) is 0 Å². The van der Waals surface area contributed by atoms with Crippen molar-refractivity contribution >= 4 is 23.4 Å². The zero-order valence-electron chi connectivity index (χ0n) is 16.4. The van der Waals surface area contributed by atoms with Crippen LogP contribution >= 0.6 is 11.8 Å². The summed E-state index contributed by atoms with van der Waals surface area (Å²) in [7, 11) is 1.66. The highest BCUT2D eigenvalue weighted by Gasteiger charge is 2.22. The molecule has 1 aromatic carbocycles. The van der Waals surface area contributed by atoms with Gasteiger partial charge in [0.25, 0.3) is 0 Å². The highest BCUT2D eigenvalue weighted by molar-refractivity contribution is 7.99. The van der Waals surface area contributed by atoms with Gasteiger partial charge in [0.2, 0.25) is 5.91 Å². The van der Waals surface area contributed by atoms with Gasteiger partial charge in [0, 0.05) is 38.4 Å². The summed E-state index contributed by atoms with van der Waals surface area (Å²) in [5.74, 6) is 1.21. The number of carbonyl (C=O) groups excluding carboxylic acids is 1. The number of aromatic nitrogens is 3. The average Bonchev–Trinajstić information content (AvgIpc) is 3.10. The van der Waals surface area contributed by atoms with Crippen LogP contribution in [0.1, 0.15) is 19.8 Å². The number of unbranched alkanes of at least 4 members (excludes halogenated alkanes) is 1. The second-order valence-corrected chi connectivity index (χ2v) is 7.61. The molecule has 1 aromatic heterocycles. The smallest absolute Gasteiger partial charge is 0.343 e. The molecule has 9 heteroatoms. The number of hydrogen-bond donors (Lipinski definition) is 1. The number of methoxy groups -OCH3 is 1. The van der Waals surface area contributed by atoms with Crippen molar-refractivity contribution in [2.75, 3.05) is 43.9 Å². The molecule has 2 heterocycles. The first-order valence-electron chi connectivity index (χ1n) is 9.57. The van der Waals surface area contributed by atoms with Crippen molar-refractivity contribution in [1.82, 2.24) is 19.7 Å². The van der Waals surface area contributed by atoms with Gasteiger partial charge in [-0.25, -0.2) is 9.89 Å². The molecule has 1 saturated heterocycles. The highest BCUT2D eigenvalue weighted by Crippen LogP contribution is 2.21. The topological polar surface area (TPSA) is 83.5 Å². The zero-order valence-corrected chi connectivity index (χ0v) is 17.2. The number of thioether (sulfide) groups is 1. The van der Waals surface area contributed by atoms with Crippen LogP contribution in [0.5, 0.6) is 5.75 Å². The number of piperazine rings is 1. The maximum absolute atomic E-state index is 12.6. The Morgan fingerprint density at radius 2 is 1.93 bits per heavy atom. The molecule has 0 unspecified atom stereocenters. The Kier molecular flexibility index (Phi) is 7.02. The number of rotatable bonds is 8. The Balaban J connectivity index is 1.49. The molecule has 1 aliphatic heterocycles. The molecular weight excluding hydrogens is 378 g/mol. The Morgan fingerprint density at radius 1 is 1.21 bits per heavy atom. The molecule has 0 aliphatic carbocycles. The van der Waals surface area contributed by atoms with Gasteiger partial charge in [-0.2, -0.15) is 0 Å². The lowest BCUT2D eigenvalue weighted by molar-refractivity contribution is -0.128. The molecule has 0 saturated carbocycles. The number of aromatic amines is 1. The van der Waals surface area contributed by atoms with Gasteiger partial charge in [0.15, 0.2) is 5.16 Å². The van der Waals surface area contributed by atoms with E-state index in [2.05, 4.69) is 22.0 Å². The van der Waals surface area contributed by atoms with E-state index in [1.165, 1.54) is 11.8 Å². The molecule has 0 radical (unpaired) electrons. The standard InChI is InChI=1S/C19H27N5O3S/c1-3-4-9-24-18(26)20-21-19(24)28-14-17(25)23-12-10-22(11-13-23)15-5-7-16(27-2)8-6-15/h5-8H,3-4,9-14H2,1-2H3,(H,20,26). The summed E-state index contributed by atoms with van der Waals surface area (Å²) in [6.45, 7) is 5.68. The van der Waals surface area contributed by atoms with Crippen LogP contribution in [0.25, 0.3) is 0 Å². The Labute approximate surface area is 168 Å². The van der Waals surface area contributed by atoms with Crippen molar-refractivity contribution in [3.05, 3.63) is 34.7 Å². The van der Waals surface area contributed by atoms with Crippen molar-refractivity contribution < 1.29 is 9.53 Å². The van der Waals surface area contributed by atoms with E-state index in [4.69, 9.17) is 4.74 Å². The summed E-state index contributed by atoms with van der Waals surface area (Å²) >= 11 is 1.32. The van der Waals surface area contributed by atoms with Crippen LogP contribution < -0.4 is 15.3 Å². The number of nitrogens with zero attached hydrogens (tertiary/aromatic N) is 4. The summed E-state index contributed by atoms with van der Waals surface area (Å²) < 4.78 is 6.81. The molecule has 152 valence electrons. The second-order valence-electron chi connectivity index (χ2n) is 6.67. The van der Waals surface area contributed by atoms with Crippen LogP contribution in [-0.2, 0) is 11.3 Å². The number of amides is 1. The number of benzene rings is 1. The van der Waals surface area contributed by atoms with E-state index >= 15 is 0 Å². The third-order valence-electron chi connectivity index (χ3n) is 4.85. The molecule has 0 spiro atoms. The summed E-state index contributed by atoms with van der Waals surface area (Å²) in [6.07, 6.45) is 1.91. The van der Waals surface area contributed by atoms with E-state index in [-0.39, 0.29) is 11.6 Å². The monoisotopic (exact) mass is 405 g/mol. The number of H-pyrrole nitrogens is 1. The summed E-state index contributed by atoms with van der Waals surface area (Å²) in [5.41, 5.74) is 0.926. The lowest BCUT2D eigenvalue weighted by atomic mass is 10.2. The van der Waals surface area contributed by atoms with Crippen molar-refractivity contribution in [2.45, 2.75) is 31.5 Å². The van der Waals surface area contributed by atoms with Crippen molar-refractivity contribution in [1.29, 1.82) is 0 Å². The molecule has 8 nitrogen and oxygen atoms in total. The van der Waals surface area contributed by atoms with E-state index < -0.39 is 0 Å². The molecule has 0 atom stereocenters. The Bertz CT molecular complexity index is 825. The van der Waals surface area contributed by atoms with Gasteiger partial charge in [0.1, 0.15) is 5.75 Å². The lowest BCUT2D eigenvalue weighted by Gasteiger charge is -2.36. The summed E-state index contributed by atoms with van der Waals surface area (Å²) in [4.78, 5) is 28.6. The summed E-state index contributed by atoms with van der Waals surface area (Å²) in [6, 6.07) is 7.98. The average molecular weight is 406 g/mol. The van der Waals surface area contributed by atoms with Crippen molar-refractivity contribution in [3.63, 3.8) is 0 Å². The first-order valence-corrected chi connectivity index (χ1v) is 10.6. The quantitative estimate of drug-likeness (QED) is 0.675. The maximum Gasteiger partial charge on any atom is 0.343 e. The van der Waals surface area contributed by atoms with Gasteiger partial charge in [-0.1, -0.05) is 25.1 Å². The minimum atomic E-state index is -0.212. The zero-order chi connectivity index (χ0) is 19.9. The fraction of sp³-hybridized carbons (Fsp3) is 0.526. The molecule has 28 heavy (non-hydrogen) atoms. The fourth-order valence-electron chi connectivity index (χ4n) is 3.15. The minimum absolute atomic E-state index is 0.0804. The van der Waals surface area contributed by atoms with Crippen molar-refractivity contribution in [3.8, 4) is 5.75 Å². The van der Waals surface area contributed by atoms with Crippen LogP contribution in [0, 0.1) is 0 Å². The molecule has 1 fully saturated rings. The van der Waals surface area contributed by atoms with Crippen LogP contribution in [0.2, 0.25) is 0 Å². The van der Waals surface area contributed by atoms with Crippen LogP contribution in [0.4, 0.5) is 5.69 Å². The Hall–Kier alpha value is -2.42. The minimum Gasteiger partial charge on any atom is -0.497 e. The Morgan fingerprint density at radius 3 is 2.57 bits per heavy atom. The molecule has 0 bridgehead atoms. The molecule has 1 amide bonds. The lowest BCUT2D eigenvalue weighted by Crippen LogP contribution is -2.49. The van der Waals surface area contributed by atoms with E-state index in [0.717, 1.165) is 37.4 Å². The normalized spacial score (nSPS) is 14.4. The number of ether oxygens (including phenoxy) is 1. The first kappa shape index (κ1) is 20.3. The van der Waals surface area contributed by atoms with Crippen LogP contribution in [0.15, 0.2) is 34.2 Å². The van der Waals surface area contributed by atoms with Gasteiger partial charge in [0.05, 0.1) is 12.9 Å². The maximum atomic E-state index is 12.6.